The minimum Gasteiger partial charge on any atom is -0.378 e. The van der Waals surface area contributed by atoms with Crippen molar-refractivity contribution in [1.29, 1.82) is 0 Å². The number of carbonyl (C=O) groups is 1. The maximum absolute atomic E-state index is 13.9. The fraction of sp³-hybridized carbons (Fsp3) is 0.480. The van der Waals surface area contributed by atoms with Gasteiger partial charge in [-0.15, -0.1) is 0 Å². The first-order valence-electron chi connectivity index (χ1n) is 11.4. The van der Waals surface area contributed by atoms with Gasteiger partial charge < -0.3 is 15.1 Å². The number of hydrogen-bond donors (Lipinski definition) is 1. The quantitative estimate of drug-likeness (QED) is 0.675. The van der Waals surface area contributed by atoms with E-state index in [0.717, 1.165) is 31.7 Å². The van der Waals surface area contributed by atoms with Crippen LogP contribution in [0.2, 0.25) is 0 Å². The number of nitrogens with zero attached hydrogens (tertiary/aromatic N) is 3. The lowest BCUT2D eigenvalue weighted by atomic mass is 10.1. The number of carbonyl (C=O) groups excluding carboxylic acids is 1. The van der Waals surface area contributed by atoms with Crippen LogP contribution in [0.15, 0.2) is 42.5 Å². The molecule has 1 N–H and O–H groups in total. The summed E-state index contributed by atoms with van der Waals surface area (Å²) in [7, 11) is 3.68. The number of nitrogens with one attached hydrogen (secondary N) is 1. The molecule has 2 unspecified atom stereocenters. The molecule has 0 aromatic heterocycles. The van der Waals surface area contributed by atoms with Crippen molar-refractivity contribution < 1.29 is 18.0 Å². The largest absolute Gasteiger partial charge is 0.418 e. The Bertz CT molecular complexity index is 1010. The highest BCUT2D eigenvalue weighted by atomic mass is 19.4. The zero-order valence-corrected chi connectivity index (χ0v) is 19.3. The highest BCUT2D eigenvalue weighted by Crippen LogP contribution is 2.38. The van der Waals surface area contributed by atoms with Gasteiger partial charge in [0.1, 0.15) is 0 Å². The van der Waals surface area contributed by atoms with Crippen molar-refractivity contribution in [2.75, 3.05) is 48.8 Å². The standard InChI is InChI=1S/C25H31F3N4O/c1-17-6-5-12-32(17)21-11-13-31(16-21)20-9-10-23(22(15-20)25(26,27)28)29-24(33)18-7-4-8-19(14-18)30(2)3/h4,7-10,14-15,17,21H,5-6,11-13,16H2,1-3H3,(H,29,33). The first kappa shape index (κ1) is 23.4. The lowest BCUT2D eigenvalue weighted by Gasteiger charge is -2.29. The van der Waals surface area contributed by atoms with E-state index < -0.39 is 17.6 Å². The summed E-state index contributed by atoms with van der Waals surface area (Å²) < 4.78 is 41.8. The van der Waals surface area contributed by atoms with E-state index in [1.807, 2.05) is 30.0 Å². The molecule has 0 bridgehead atoms. The molecule has 2 heterocycles. The summed E-state index contributed by atoms with van der Waals surface area (Å²) in [5.41, 5.74) is 0.597. The first-order valence-corrected chi connectivity index (χ1v) is 11.4. The van der Waals surface area contributed by atoms with Crippen LogP contribution in [0.3, 0.4) is 0 Å². The summed E-state index contributed by atoms with van der Waals surface area (Å²) in [5.74, 6) is -0.568. The van der Waals surface area contributed by atoms with Crippen molar-refractivity contribution in [3.8, 4) is 0 Å². The summed E-state index contributed by atoms with van der Waals surface area (Å²) in [6, 6.07) is 11.9. The Hall–Kier alpha value is -2.74. The van der Waals surface area contributed by atoms with Gasteiger partial charge in [0.2, 0.25) is 0 Å². The van der Waals surface area contributed by atoms with E-state index >= 15 is 0 Å². The lowest BCUT2D eigenvalue weighted by molar-refractivity contribution is -0.136. The fourth-order valence-corrected chi connectivity index (χ4v) is 4.94. The molecule has 0 saturated carbocycles. The van der Waals surface area contributed by atoms with Crippen LogP contribution in [0.25, 0.3) is 0 Å². The lowest BCUT2D eigenvalue weighted by Crippen LogP contribution is -2.39. The third-order valence-electron chi connectivity index (χ3n) is 6.78. The number of alkyl halides is 3. The van der Waals surface area contributed by atoms with Gasteiger partial charge in [0.05, 0.1) is 11.3 Å². The number of anilines is 3. The average molecular weight is 461 g/mol. The van der Waals surface area contributed by atoms with Gasteiger partial charge in [-0.25, -0.2) is 0 Å². The smallest absolute Gasteiger partial charge is 0.378 e. The second-order valence-corrected chi connectivity index (χ2v) is 9.24. The topological polar surface area (TPSA) is 38.8 Å². The Morgan fingerprint density at radius 3 is 2.55 bits per heavy atom. The van der Waals surface area contributed by atoms with Gasteiger partial charge in [-0.2, -0.15) is 13.2 Å². The second kappa shape index (κ2) is 9.25. The maximum Gasteiger partial charge on any atom is 0.418 e. The van der Waals surface area contributed by atoms with E-state index in [1.165, 1.54) is 25.0 Å². The number of hydrogen-bond acceptors (Lipinski definition) is 4. The normalized spacial score (nSPS) is 21.5. The van der Waals surface area contributed by atoms with Gasteiger partial charge in [0.25, 0.3) is 5.91 Å². The molecule has 178 valence electrons. The Morgan fingerprint density at radius 2 is 1.88 bits per heavy atom. The molecular formula is C25H31F3N4O. The molecule has 1 amide bonds. The van der Waals surface area contributed by atoms with Crippen molar-refractivity contribution in [2.45, 2.75) is 44.4 Å². The van der Waals surface area contributed by atoms with E-state index in [1.54, 1.807) is 24.3 Å². The zero-order valence-electron chi connectivity index (χ0n) is 19.3. The van der Waals surface area contributed by atoms with Crippen LogP contribution in [0.4, 0.5) is 30.2 Å². The van der Waals surface area contributed by atoms with Crippen molar-refractivity contribution in [2.24, 2.45) is 0 Å². The van der Waals surface area contributed by atoms with Crippen LogP contribution in [-0.2, 0) is 6.18 Å². The molecule has 2 fully saturated rings. The molecule has 5 nitrogen and oxygen atoms in total. The van der Waals surface area contributed by atoms with Crippen molar-refractivity contribution in [3.63, 3.8) is 0 Å². The molecule has 0 spiro atoms. The zero-order chi connectivity index (χ0) is 23.8. The van der Waals surface area contributed by atoms with Gasteiger partial charge in [0.15, 0.2) is 0 Å². The third-order valence-corrected chi connectivity index (χ3v) is 6.78. The summed E-state index contributed by atoms with van der Waals surface area (Å²) >= 11 is 0. The molecule has 8 heteroatoms. The van der Waals surface area contributed by atoms with E-state index in [4.69, 9.17) is 0 Å². The molecule has 2 aromatic carbocycles. The van der Waals surface area contributed by atoms with E-state index in [-0.39, 0.29) is 5.69 Å². The van der Waals surface area contributed by atoms with Crippen LogP contribution < -0.4 is 15.1 Å². The number of rotatable bonds is 5. The molecule has 33 heavy (non-hydrogen) atoms. The Kier molecular flexibility index (Phi) is 6.56. The van der Waals surface area contributed by atoms with Crippen molar-refractivity contribution in [1.82, 2.24) is 4.90 Å². The Balaban J connectivity index is 1.54. The van der Waals surface area contributed by atoms with E-state index in [2.05, 4.69) is 17.1 Å². The van der Waals surface area contributed by atoms with Crippen LogP contribution >= 0.6 is 0 Å². The van der Waals surface area contributed by atoms with Gasteiger partial charge in [-0.05, 0) is 69.1 Å². The number of benzene rings is 2. The molecule has 0 aliphatic carbocycles. The van der Waals surface area contributed by atoms with Gasteiger partial charge in [0, 0.05) is 56.2 Å². The Morgan fingerprint density at radius 1 is 1.09 bits per heavy atom. The van der Waals surface area contributed by atoms with Gasteiger partial charge in [-0.1, -0.05) is 6.07 Å². The third kappa shape index (κ3) is 5.11. The molecule has 2 aliphatic rings. The van der Waals surface area contributed by atoms with Crippen LogP contribution in [0, 0.1) is 0 Å². The molecule has 2 saturated heterocycles. The highest BCUT2D eigenvalue weighted by molar-refractivity contribution is 6.05. The summed E-state index contributed by atoms with van der Waals surface area (Å²) in [6.45, 7) is 4.75. The molecule has 2 aromatic rings. The SMILES string of the molecule is CC1CCCN1C1CCN(c2ccc(NC(=O)c3cccc(N(C)C)c3)c(C(F)(F)F)c2)C1. The van der Waals surface area contributed by atoms with Gasteiger partial charge in [-0.3, -0.25) is 9.69 Å². The minimum absolute atomic E-state index is 0.226. The second-order valence-electron chi connectivity index (χ2n) is 9.24. The molecule has 2 atom stereocenters. The van der Waals surface area contributed by atoms with E-state index in [0.29, 0.717) is 23.3 Å². The van der Waals surface area contributed by atoms with E-state index in [9.17, 15) is 18.0 Å². The minimum atomic E-state index is -4.58. The molecular weight excluding hydrogens is 429 g/mol. The van der Waals surface area contributed by atoms with Crippen molar-refractivity contribution in [3.05, 3.63) is 53.6 Å². The van der Waals surface area contributed by atoms with Crippen LogP contribution in [-0.4, -0.2) is 56.6 Å². The number of likely N-dealkylation sites (tertiary alicyclic amines) is 1. The van der Waals surface area contributed by atoms with Crippen molar-refractivity contribution >= 4 is 23.0 Å². The fourth-order valence-electron chi connectivity index (χ4n) is 4.94. The molecule has 0 radical (unpaired) electrons. The van der Waals surface area contributed by atoms with Crippen LogP contribution in [0.5, 0.6) is 0 Å². The first-order chi connectivity index (χ1) is 15.6. The number of halogens is 3. The number of amides is 1. The average Bonchev–Trinajstić information content (AvgIpc) is 3.42. The summed E-state index contributed by atoms with van der Waals surface area (Å²) in [6.07, 6.45) is -1.26. The Labute approximate surface area is 193 Å². The van der Waals surface area contributed by atoms with Gasteiger partial charge >= 0.3 is 6.18 Å². The molecule has 4 rings (SSSR count). The summed E-state index contributed by atoms with van der Waals surface area (Å²) in [5, 5.41) is 2.47. The monoisotopic (exact) mass is 460 g/mol. The molecule has 2 aliphatic heterocycles. The van der Waals surface area contributed by atoms with Crippen LogP contribution in [0.1, 0.15) is 42.1 Å². The predicted molar refractivity (Wildman–Crippen MR) is 126 cm³/mol. The highest BCUT2D eigenvalue weighted by Gasteiger charge is 2.37. The predicted octanol–water partition coefficient (Wildman–Crippen LogP) is 5.09. The maximum atomic E-state index is 13.9. The summed E-state index contributed by atoms with van der Waals surface area (Å²) in [4.78, 5) is 19.1.